The van der Waals surface area contributed by atoms with Crippen molar-refractivity contribution in [3.05, 3.63) is 18.0 Å². The first-order valence-electron chi connectivity index (χ1n) is 5.77. The van der Waals surface area contributed by atoms with E-state index in [-0.39, 0.29) is 16.8 Å². The molecule has 23 heavy (non-hydrogen) atoms. The molecular weight excluding hydrogens is 379 g/mol. The van der Waals surface area contributed by atoms with Crippen LogP contribution < -0.4 is 9.47 Å². The average molecular weight is 384 g/mol. The molecule has 12 heteroatoms. The number of nitrogens with zero attached hydrogens (tertiary/aromatic N) is 3. The highest BCUT2D eigenvalue weighted by molar-refractivity contribution is 7.89. The standard InChI is InChI=1S/C11H5Cl2F2N3O4S/c1-23(19,20)18-6-3-8-7(2-5(6)17-9(18)4-16)21-10(12,14)11(13,15)22-8/h2-3H,1H3. The third kappa shape index (κ3) is 2.36. The van der Waals surface area contributed by atoms with Gasteiger partial charge in [-0.15, -0.1) is 0 Å². The predicted molar refractivity (Wildman–Crippen MR) is 75.3 cm³/mol. The topological polar surface area (TPSA) is 94.2 Å². The van der Waals surface area contributed by atoms with E-state index in [0.717, 1.165) is 18.4 Å². The molecule has 0 fully saturated rings. The van der Waals surface area contributed by atoms with Gasteiger partial charge in [-0.2, -0.15) is 14.0 Å². The highest BCUT2D eigenvalue weighted by Gasteiger charge is 2.61. The van der Waals surface area contributed by atoms with Crippen LogP contribution in [0, 0.1) is 11.3 Å². The minimum Gasteiger partial charge on any atom is -0.435 e. The lowest BCUT2D eigenvalue weighted by atomic mass is 10.2. The maximum absolute atomic E-state index is 13.9. The minimum absolute atomic E-state index is 0.0253. The molecule has 0 radical (unpaired) electrons. The number of benzene rings is 1. The second-order valence-corrected chi connectivity index (χ2v) is 7.40. The van der Waals surface area contributed by atoms with Crippen LogP contribution in [0.2, 0.25) is 0 Å². The lowest BCUT2D eigenvalue weighted by Gasteiger charge is -2.34. The van der Waals surface area contributed by atoms with Crippen LogP contribution >= 0.6 is 23.2 Å². The molecule has 3 rings (SSSR count). The van der Waals surface area contributed by atoms with E-state index >= 15 is 0 Å². The van der Waals surface area contributed by atoms with Crippen molar-refractivity contribution >= 4 is 44.3 Å². The van der Waals surface area contributed by atoms with Gasteiger partial charge in [-0.25, -0.2) is 17.4 Å². The van der Waals surface area contributed by atoms with E-state index in [9.17, 15) is 17.2 Å². The Bertz CT molecular complexity index is 981. The van der Waals surface area contributed by atoms with Gasteiger partial charge >= 0.3 is 10.6 Å². The average Bonchev–Trinajstić information content (AvgIpc) is 2.74. The van der Waals surface area contributed by atoms with Crippen molar-refractivity contribution in [3.8, 4) is 17.6 Å². The van der Waals surface area contributed by atoms with Gasteiger partial charge in [0.05, 0.1) is 17.3 Å². The number of fused-ring (bicyclic) bond motifs is 2. The number of imidazole rings is 1. The summed E-state index contributed by atoms with van der Waals surface area (Å²) in [5, 5.41) is 1.95. The second kappa shape index (κ2) is 4.59. The maximum atomic E-state index is 13.9. The fourth-order valence-corrected chi connectivity index (χ4v) is 3.17. The van der Waals surface area contributed by atoms with Crippen LogP contribution in [-0.4, -0.2) is 34.3 Å². The summed E-state index contributed by atoms with van der Waals surface area (Å²) in [6, 6.07) is 3.66. The molecule has 0 N–H and O–H groups in total. The van der Waals surface area contributed by atoms with Crippen molar-refractivity contribution in [2.24, 2.45) is 0 Å². The Balaban J connectivity index is 2.32. The largest absolute Gasteiger partial charge is 0.435 e. The van der Waals surface area contributed by atoms with Gasteiger partial charge in [-0.3, -0.25) is 0 Å². The summed E-state index contributed by atoms with van der Waals surface area (Å²) in [6.45, 7) is 0. The van der Waals surface area contributed by atoms with Gasteiger partial charge in [-0.05, 0) is 23.2 Å². The quantitative estimate of drug-likeness (QED) is 0.700. The molecule has 2 unspecified atom stereocenters. The van der Waals surface area contributed by atoms with Crippen molar-refractivity contribution in [2.45, 2.75) is 10.6 Å². The zero-order valence-corrected chi connectivity index (χ0v) is 13.4. The zero-order valence-electron chi connectivity index (χ0n) is 11.0. The summed E-state index contributed by atoms with van der Waals surface area (Å²) >= 11 is 10.4. The van der Waals surface area contributed by atoms with Crippen molar-refractivity contribution in [2.75, 3.05) is 6.26 Å². The van der Waals surface area contributed by atoms with Crippen LogP contribution in [0.25, 0.3) is 11.0 Å². The summed E-state index contributed by atoms with van der Waals surface area (Å²) in [5.41, 5.74) is -0.123. The first-order chi connectivity index (χ1) is 10.5. The molecule has 0 saturated carbocycles. The Hall–Kier alpha value is -1.83. The second-order valence-electron chi connectivity index (χ2n) is 4.60. The molecule has 1 aromatic heterocycles. The molecular formula is C11H5Cl2F2N3O4S. The molecule has 0 saturated heterocycles. The highest BCUT2D eigenvalue weighted by Crippen LogP contribution is 2.50. The summed E-state index contributed by atoms with van der Waals surface area (Å²) < 4.78 is 61.1. The lowest BCUT2D eigenvalue weighted by Crippen LogP contribution is -2.50. The minimum atomic E-state index is -3.90. The van der Waals surface area contributed by atoms with Gasteiger partial charge < -0.3 is 9.47 Å². The Morgan fingerprint density at radius 3 is 2.26 bits per heavy atom. The molecule has 2 aromatic rings. The number of nitriles is 1. The monoisotopic (exact) mass is 383 g/mol. The Kier molecular flexibility index (Phi) is 3.20. The molecule has 2 atom stereocenters. The molecule has 0 bridgehead atoms. The van der Waals surface area contributed by atoms with Gasteiger partial charge in [0.25, 0.3) is 0 Å². The van der Waals surface area contributed by atoms with E-state index in [1.54, 1.807) is 6.07 Å². The van der Waals surface area contributed by atoms with E-state index in [0.29, 0.717) is 3.97 Å². The van der Waals surface area contributed by atoms with E-state index in [1.165, 1.54) is 0 Å². The van der Waals surface area contributed by atoms with E-state index in [1.807, 2.05) is 0 Å². The molecule has 0 amide bonds. The van der Waals surface area contributed by atoms with Gasteiger partial charge in [0.2, 0.25) is 15.8 Å². The molecule has 0 aliphatic carbocycles. The Morgan fingerprint density at radius 2 is 1.78 bits per heavy atom. The first kappa shape index (κ1) is 16.0. The Labute approximate surface area is 138 Å². The van der Waals surface area contributed by atoms with Gasteiger partial charge in [-0.1, -0.05) is 0 Å². The molecule has 1 aliphatic heterocycles. The summed E-state index contributed by atoms with van der Waals surface area (Å²) in [7, 11) is -3.90. The maximum Gasteiger partial charge on any atom is 0.414 e. The predicted octanol–water partition coefficient (Wildman–Crippen LogP) is 2.21. The molecule has 1 aliphatic rings. The van der Waals surface area contributed by atoms with E-state index < -0.39 is 32.2 Å². The number of hydrogen-bond acceptors (Lipinski definition) is 6. The van der Waals surface area contributed by atoms with Gasteiger partial charge in [0, 0.05) is 12.1 Å². The van der Waals surface area contributed by atoms with E-state index in [4.69, 9.17) is 28.5 Å². The van der Waals surface area contributed by atoms with Crippen molar-refractivity contribution in [3.63, 3.8) is 0 Å². The van der Waals surface area contributed by atoms with E-state index in [2.05, 4.69) is 14.5 Å². The number of alkyl halides is 4. The van der Waals surface area contributed by atoms with Crippen LogP contribution in [0.15, 0.2) is 12.1 Å². The summed E-state index contributed by atoms with van der Waals surface area (Å²) in [5.74, 6) is -1.20. The molecule has 1 aromatic carbocycles. The SMILES string of the molecule is CS(=O)(=O)n1c(C#N)nc2cc3c(cc21)OC(F)(Cl)C(F)(Cl)O3. The van der Waals surface area contributed by atoms with Gasteiger partial charge in [0.15, 0.2) is 11.5 Å². The Morgan fingerprint density at radius 1 is 1.26 bits per heavy atom. The number of rotatable bonds is 1. The summed E-state index contributed by atoms with van der Waals surface area (Å²) in [4.78, 5) is 3.78. The van der Waals surface area contributed by atoms with Gasteiger partial charge in [0.1, 0.15) is 6.07 Å². The first-order valence-corrected chi connectivity index (χ1v) is 8.37. The van der Waals surface area contributed by atoms with Crippen LogP contribution in [0.4, 0.5) is 8.78 Å². The number of halogens is 4. The smallest absolute Gasteiger partial charge is 0.414 e. The molecule has 2 heterocycles. The lowest BCUT2D eigenvalue weighted by molar-refractivity contribution is -0.179. The third-order valence-corrected chi connectivity index (χ3v) is 4.70. The summed E-state index contributed by atoms with van der Waals surface area (Å²) in [6.07, 6.45) is 0.845. The number of aromatic nitrogens is 2. The normalized spacial score (nSPS) is 27.0. The molecule has 0 spiro atoms. The van der Waals surface area contributed by atoms with Crippen molar-refractivity contribution < 1.29 is 26.7 Å². The van der Waals surface area contributed by atoms with Crippen LogP contribution in [-0.2, 0) is 10.0 Å². The highest BCUT2D eigenvalue weighted by atomic mass is 35.5. The third-order valence-electron chi connectivity index (χ3n) is 2.93. The molecule has 7 nitrogen and oxygen atoms in total. The van der Waals surface area contributed by atoms with Crippen LogP contribution in [0.5, 0.6) is 11.5 Å². The van der Waals surface area contributed by atoms with Crippen molar-refractivity contribution in [1.29, 1.82) is 5.26 Å². The fraction of sp³-hybridized carbons (Fsp3) is 0.273. The fourth-order valence-electron chi connectivity index (χ4n) is 2.02. The number of ether oxygens (including phenoxy) is 2. The van der Waals surface area contributed by atoms with Crippen LogP contribution in [0.3, 0.4) is 0 Å². The van der Waals surface area contributed by atoms with Crippen molar-refractivity contribution in [1.82, 2.24) is 8.96 Å². The molecule has 122 valence electrons. The zero-order chi connectivity index (χ0) is 17.2. The van der Waals surface area contributed by atoms with Crippen LogP contribution in [0.1, 0.15) is 5.82 Å². The number of hydrogen-bond donors (Lipinski definition) is 0.